The van der Waals surface area contributed by atoms with Crippen molar-refractivity contribution in [1.29, 1.82) is 10.7 Å². The van der Waals surface area contributed by atoms with E-state index >= 15 is 0 Å². The van der Waals surface area contributed by atoms with Crippen LogP contribution in [-0.2, 0) is 0 Å². The van der Waals surface area contributed by atoms with E-state index in [4.69, 9.17) is 9.83 Å². The second-order valence-electron chi connectivity index (χ2n) is 7.96. The number of para-hydroxylation sites is 3. The molecule has 0 saturated carbocycles. The van der Waals surface area contributed by atoms with Crippen molar-refractivity contribution >= 4 is 28.8 Å². The summed E-state index contributed by atoms with van der Waals surface area (Å²) in [7, 11) is 0. The number of rotatable bonds is 3. The first-order valence-electron chi connectivity index (χ1n) is 10.2. The standard InChI is InChI=1S/C23H26N6O/c1-16(2)20-14-27(23-26-18-9-5-7-11-21(18)30-23)12-13-28(20)22(25)29(15-24)19-10-6-4-8-17(19)3/h4-11,16,20,25H,12-14H2,1-3H3. The Morgan fingerprint density at radius 3 is 2.63 bits per heavy atom. The van der Waals surface area contributed by atoms with Crippen molar-refractivity contribution in [2.45, 2.75) is 26.8 Å². The van der Waals surface area contributed by atoms with Gasteiger partial charge in [-0.25, -0.2) is 4.90 Å². The van der Waals surface area contributed by atoms with Gasteiger partial charge in [-0.1, -0.05) is 44.2 Å². The largest absolute Gasteiger partial charge is 0.423 e. The smallest absolute Gasteiger partial charge is 0.298 e. The highest BCUT2D eigenvalue weighted by Crippen LogP contribution is 2.28. The molecule has 1 aliphatic rings. The van der Waals surface area contributed by atoms with Crippen LogP contribution in [0.3, 0.4) is 0 Å². The summed E-state index contributed by atoms with van der Waals surface area (Å²) in [4.78, 5) is 10.2. The Morgan fingerprint density at radius 2 is 1.93 bits per heavy atom. The Bertz CT molecular complexity index is 1070. The van der Waals surface area contributed by atoms with Crippen molar-refractivity contribution in [3.63, 3.8) is 0 Å². The van der Waals surface area contributed by atoms with Gasteiger partial charge >= 0.3 is 0 Å². The zero-order valence-corrected chi connectivity index (χ0v) is 17.5. The second kappa shape index (κ2) is 8.07. The topological polar surface area (TPSA) is 83.4 Å². The fraction of sp³-hybridized carbons (Fsp3) is 0.348. The maximum atomic E-state index is 9.81. The molecule has 1 aromatic heterocycles. The van der Waals surface area contributed by atoms with Gasteiger partial charge < -0.3 is 14.2 Å². The molecule has 1 fully saturated rings. The van der Waals surface area contributed by atoms with Crippen LogP contribution in [-0.4, -0.2) is 41.5 Å². The van der Waals surface area contributed by atoms with Gasteiger partial charge in [0, 0.05) is 19.6 Å². The highest BCUT2D eigenvalue weighted by Gasteiger charge is 2.35. The number of benzene rings is 2. The summed E-state index contributed by atoms with van der Waals surface area (Å²) < 4.78 is 5.96. The Hall–Kier alpha value is -3.53. The summed E-state index contributed by atoms with van der Waals surface area (Å²) in [6, 6.07) is 16.1. The molecular formula is C23H26N6O. The van der Waals surface area contributed by atoms with Crippen molar-refractivity contribution in [3.05, 3.63) is 54.1 Å². The van der Waals surface area contributed by atoms with Gasteiger partial charge in [0.2, 0.25) is 5.96 Å². The van der Waals surface area contributed by atoms with Gasteiger partial charge in [-0.15, -0.1) is 0 Å². The molecule has 7 nitrogen and oxygen atoms in total. The van der Waals surface area contributed by atoms with E-state index in [0.717, 1.165) is 22.4 Å². The summed E-state index contributed by atoms with van der Waals surface area (Å²) in [6.45, 7) is 8.21. The lowest BCUT2D eigenvalue weighted by Crippen LogP contribution is -2.60. The van der Waals surface area contributed by atoms with E-state index in [9.17, 15) is 5.26 Å². The lowest BCUT2D eigenvalue weighted by atomic mass is 10.00. The van der Waals surface area contributed by atoms with E-state index in [1.807, 2.05) is 60.4 Å². The molecule has 154 valence electrons. The van der Waals surface area contributed by atoms with Crippen molar-refractivity contribution in [3.8, 4) is 6.19 Å². The fourth-order valence-electron chi connectivity index (χ4n) is 3.97. The van der Waals surface area contributed by atoms with E-state index < -0.39 is 0 Å². The number of aryl methyl sites for hydroxylation is 1. The zero-order chi connectivity index (χ0) is 21.3. The van der Waals surface area contributed by atoms with Gasteiger partial charge in [-0.05, 0) is 36.6 Å². The summed E-state index contributed by atoms with van der Waals surface area (Å²) in [5.41, 5.74) is 3.34. The van der Waals surface area contributed by atoms with Crippen LogP contribution in [0.1, 0.15) is 19.4 Å². The number of oxazole rings is 1. The highest BCUT2D eigenvalue weighted by molar-refractivity contribution is 5.97. The molecular weight excluding hydrogens is 376 g/mol. The first-order chi connectivity index (χ1) is 14.5. The predicted octanol–water partition coefficient (Wildman–Crippen LogP) is 4.21. The number of nitriles is 1. The molecule has 3 aromatic rings. The van der Waals surface area contributed by atoms with E-state index in [1.54, 1.807) is 0 Å². The van der Waals surface area contributed by atoms with E-state index in [-0.39, 0.29) is 17.9 Å². The molecule has 1 aliphatic heterocycles. The van der Waals surface area contributed by atoms with Gasteiger partial charge in [0.25, 0.3) is 6.01 Å². The minimum absolute atomic E-state index is 0.0566. The molecule has 1 saturated heterocycles. The number of anilines is 2. The third-order valence-electron chi connectivity index (χ3n) is 5.68. The molecule has 0 spiro atoms. The lowest BCUT2D eigenvalue weighted by Gasteiger charge is -2.45. The molecule has 1 atom stereocenters. The average Bonchev–Trinajstić information content (AvgIpc) is 3.19. The number of piperazine rings is 1. The molecule has 0 radical (unpaired) electrons. The number of nitrogens with zero attached hydrogens (tertiary/aromatic N) is 5. The van der Waals surface area contributed by atoms with Crippen LogP contribution < -0.4 is 9.80 Å². The molecule has 1 unspecified atom stereocenters. The first-order valence-corrected chi connectivity index (χ1v) is 10.2. The van der Waals surface area contributed by atoms with E-state index in [2.05, 4.69) is 29.9 Å². The second-order valence-corrected chi connectivity index (χ2v) is 7.96. The van der Waals surface area contributed by atoms with Gasteiger partial charge in [-0.2, -0.15) is 10.2 Å². The monoisotopic (exact) mass is 402 g/mol. The SMILES string of the molecule is Cc1ccccc1N(C#N)C(=N)N1CCN(c2nc3ccccc3o2)CC1C(C)C. The molecule has 0 aliphatic carbocycles. The van der Waals surface area contributed by atoms with Crippen LogP contribution in [0.15, 0.2) is 52.9 Å². The molecule has 2 aromatic carbocycles. The zero-order valence-electron chi connectivity index (χ0n) is 17.5. The summed E-state index contributed by atoms with van der Waals surface area (Å²) in [5, 5.41) is 18.6. The minimum atomic E-state index is 0.0566. The van der Waals surface area contributed by atoms with E-state index in [0.29, 0.717) is 25.6 Å². The third-order valence-corrected chi connectivity index (χ3v) is 5.68. The minimum Gasteiger partial charge on any atom is -0.423 e. The highest BCUT2D eigenvalue weighted by atomic mass is 16.4. The first kappa shape index (κ1) is 19.8. The Morgan fingerprint density at radius 1 is 1.20 bits per heavy atom. The van der Waals surface area contributed by atoms with Crippen molar-refractivity contribution < 1.29 is 4.42 Å². The molecule has 0 bridgehead atoms. The van der Waals surface area contributed by atoms with Crippen LogP contribution >= 0.6 is 0 Å². The van der Waals surface area contributed by atoms with Crippen LogP contribution in [0.5, 0.6) is 0 Å². The van der Waals surface area contributed by atoms with Gasteiger partial charge in [-0.3, -0.25) is 5.41 Å². The maximum Gasteiger partial charge on any atom is 0.298 e. The molecule has 30 heavy (non-hydrogen) atoms. The summed E-state index contributed by atoms with van der Waals surface area (Å²) in [6.07, 6.45) is 2.20. The Labute approximate surface area is 176 Å². The van der Waals surface area contributed by atoms with E-state index in [1.165, 1.54) is 4.90 Å². The third kappa shape index (κ3) is 3.57. The summed E-state index contributed by atoms with van der Waals surface area (Å²) in [5.74, 6) is 0.498. The molecule has 4 rings (SSSR count). The van der Waals surface area contributed by atoms with Crippen LogP contribution in [0.25, 0.3) is 11.1 Å². The molecule has 7 heteroatoms. The van der Waals surface area contributed by atoms with Crippen molar-refractivity contribution in [2.75, 3.05) is 29.4 Å². The van der Waals surface area contributed by atoms with Crippen molar-refractivity contribution in [1.82, 2.24) is 9.88 Å². The number of aromatic nitrogens is 1. The van der Waals surface area contributed by atoms with Crippen molar-refractivity contribution in [2.24, 2.45) is 5.92 Å². The molecule has 2 heterocycles. The maximum absolute atomic E-state index is 9.81. The number of hydrogen-bond acceptors (Lipinski definition) is 5. The van der Waals surface area contributed by atoms with Crippen LogP contribution in [0.2, 0.25) is 0 Å². The van der Waals surface area contributed by atoms with Crippen LogP contribution in [0.4, 0.5) is 11.7 Å². The fourth-order valence-corrected chi connectivity index (χ4v) is 3.97. The summed E-state index contributed by atoms with van der Waals surface area (Å²) >= 11 is 0. The Kier molecular flexibility index (Phi) is 5.32. The number of fused-ring (bicyclic) bond motifs is 1. The normalized spacial score (nSPS) is 16.7. The Balaban J connectivity index is 1.58. The molecule has 0 amide bonds. The number of hydrogen-bond donors (Lipinski definition) is 1. The predicted molar refractivity (Wildman–Crippen MR) is 119 cm³/mol. The van der Waals surface area contributed by atoms with Gasteiger partial charge in [0.15, 0.2) is 11.8 Å². The number of guanidine groups is 1. The van der Waals surface area contributed by atoms with Gasteiger partial charge in [0.05, 0.1) is 11.7 Å². The quantitative estimate of drug-likeness (QED) is 0.306. The van der Waals surface area contributed by atoms with Crippen LogP contribution in [0, 0.1) is 29.7 Å². The average molecular weight is 403 g/mol. The number of nitrogens with one attached hydrogen (secondary N) is 1. The lowest BCUT2D eigenvalue weighted by molar-refractivity contribution is 0.217. The van der Waals surface area contributed by atoms with Gasteiger partial charge in [0.1, 0.15) is 5.52 Å². The molecule has 1 N–H and O–H groups in total.